The molecular weight excluding hydrogens is 236 g/mol. The fourth-order valence-electron chi connectivity index (χ4n) is 1.74. The number of rotatable bonds is 3. The highest BCUT2D eigenvalue weighted by molar-refractivity contribution is 5.94. The summed E-state index contributed by atoms with van der Waals surface area (Å²) in [7, 11) is 0. The average molecular weight is 250 g/mol. The molecule has 0 aliphatic rings. The van der Waals surface area contributed by atoms with Crippen LogP contribution in [-0.2, 0) is 6.54 Å². The second-order valence-corrected chi connectivity index (χ2v) is 4.36. The molecule has 0 aliphatic heterocycles. The number of carbonyl (C=O) groups is 1. The summed E-state index contributed by atoms with van der Waals surface area (Å²) in [5, 5.41) is 11.6. The van der Waals surface area contributed by atoms with Crippen LogP contribution in [0.4, 0.5) is 0 Å². The molecule has 19 heavy (non-hydrogen) atoms. The van der Waals surface area contributed by atoms with E-state index in [0.29, 0.717) is 17.7 Å². The van der Waals surface area contributed by atoms with Gasteiger partial charge in [0.25, 0.3) is 5.91 Å². The maximum absolute atomic E-state index is 11.9. The largest absolute Gasteiger partial charge is 0.348 e. The lowest BCUT2D eigenvalue weighted by molar-refractivity contribution is 0.0951. The maximum Gasteiger partial charge on any atom is 0.251 e. The lowest BCUT2D eigenvalue weighted by atomic mass is 10.1. The van der Waals surface area contributed by atoms with Crippen molar-refractivity contribution in [2.24, 2.45) is 0 Å². The Labute approximate surface area is 112 Å². The summed E-state index contributed by atoms with van der Waals surface area (Å²) in [5.41, 5.74) is 3.28. The van der Waals surface area contributed by atoms with Crippen LogP contribution in [0, 0.1) is 18.3 Å². The van der Waals surface area contributed by atoms with Crippen LogP contribution in [0.1, 0.15) is 27.0 Å². The van der Waals surface area contributed by atoms with E-state index in [9.17, 15) is 4.79 Å². The predicted octanol–water partition coefficient (Wildman–Crippen LogP) is 2.80. The Morgan fingerprint density at radius 3 is 2.63 bits per heavy atom. The van der Waals surface area contributed by atoms with Crippen LogP contribution in [0.3, 0.4) is 0 Å². The Morgan fingerprint density at radius 2 is 1.95 bits per heavy atom. The fourth-order valence-corrected chi connectivity index (χ4v) is 1.74. The minimum atomic E-state index is -0.109. The third-order valence-electron chi connectivity index (χ3n) is 2.82. The Bertz CT molecular complexity index is 624. The summed E-state index contributed by atoms with van der Waals surface area (Å²) in [4.78, 5) is 11.9. The average Bonchev–Trinajstić information content (AvgIpc) is 2.46. The van der Waals surface area contributed by atoms with Gasteiger partial charge >= 0.3 is 0 Å². The van der Waals surface area contributed by atoms with E-state index >= 15 is 0 Å². The zero-order valence-corrected chi connectivity index (χ0v) is 10.7. The number of nitrogens with one attached hydrogen (secondary N) is 1. The minimum Gasteiger partial charge on any atom is -0.348 e. The molecule has 0 aliphatic carbocycles. The SMILES string of the molecule is Cc1ccc(C(=O)NCc2cccc(C#N)c2)cc1. The van der Waals surface area contributed by atoms with Crippen molar-refractivity contribution in [1.82, 2.24) is 5.32 Å². The van der Waals surface area contributed by atoms with Crippen LogP contribution in [0.15, 0.2) is 48.5 Å². The highest BCUT2D eigenvalue weighted by Gasteiger charge is 2.04. The van der Waals surface area contributed by atoms with Crippen LogP contribution < -0.4 is 5.32 Å². The number of hydrogen-bond donors (Lipinski definition) is 1. The summed E-state index contributed by atoms with van der Waals surface area (Å²) >= 11 is 0. The normalized spacial score (nSPS) is 9.68. The summed E-state index contributed by atoms with van der Waals surface area (Å²) in [6.07, 6.45) is 0. The Balaban J connectivity index is 2.00. The molecule has 3 heteroatoms. The first-order valence-electron chi connectivity index (χ1n) is 6.03. The van der Waals surface area contributed by atoms with Crippen LogP contribution in [0.25, 0.3) is 0 Å². The molecule has 0 saturated carbocycles. The van der Waals surface area contributed by atoms with Gasteiger partial charge in [0.2, 0.25) is 0 Å². The van der Waals surface area contributed by atoms with Gasteiger partial charge in [-0.1, -0.05) is 29.8 Å². The molecule has 0 unspecified atom stereocenters. The highest BCUT2D eigenvalue weighted by atomic mass is 16.1. The second kappa shape index (κ2) is 5.83. The summed E-state index contributed by atoms with van der Waals surface area (Å²) in [6, 6.07) is 16.7. The van der Waals surface area contributed by atoms with Gasteiger partial charge in [0, 0.05) is 12.1 Å². The van der Waals surface area contributed by atoms with E-state index in [2.05, 4.69) is 11.4 Å². The molecule has 1 N–H and O–H groups in total. The molecule has 94 valence electrons. The van der Waals surface area contributed by atoms with Crippen LogP contribution in [0.5, 0.6) is 0 Å². The van der Waals surface area contributed by atoms with Crippen molar-refractivity contribution in [2.45, 2.75) is 13.5 Å². The van der Waals surface area contributed by atoms with Gasteiger partial charge < -0.3 is 5.32 Å². The standard InChI is InChI=1S/C16H14N2O/c1-12-5-7-15(8-6-12)16(19)18-11-14-4-2-3-13(9-14)10-17/h2-9H,11H2,1H3,(H,18,19). The Kier molecular flexibility index (Phi) is 3.94. The van der Waals surface area contributed by atoms with Gasteiger partial charge in [-0.3, -0.25) is 4.79 Å². The third-order valence-corrected chi connectivity index (χ3v) is 2.82. The van der Waals surface area contributed by atoms with E-state index in [1.165, 1.54) is 0 Å². The van der Waals surface area contributed by atoms with E-state index in [1.54, 1.807) is 24.3 Å². The van der Waals surface area contributed by atoms with E-state index in [1.807, 2.05) is 31.2 Å². The number of amides is 1. The topological polar surface area (TPSA) is 52.9 Å². The predicted molar refractivity (Wildman–Crippen MR) is 73.5 cm³/mol. The van der Waals surface area contributed by atoms with Crippen molar-refractivity contribution in [1.29, 1.82) is 5.26 Å². The number of nitriles is 1. The molecule has 0 atom stereocenters. The number of benzene rings is 2. The molecule has 0 heterocycles. The van der Waals surface area contributed by atoms with Crippen LogP contribution >= 0.6 is 0 Å². The number of aryl methyl sites for hydroxylation is 1. The molecule has 0 saturated heterocycles. The van der Waals surface area contributed by atoms with Crippen molar-refractivity contribution in [2.75, 3.05) is 0 Å². The van der Waals surface area contributed by atoms with Crippen LogP contribution in [0.2, 0.25) is 0 Å². The van der Waals surface area contributed by atoms with Crippen molar-refractivity contribution in [3.8, 4) is 6.07 Å². The molecule has 0 bridgehead atoms. The van der Waals surface area contributed by atoms with E-state index in [-0.39, 0.29) is 5.91 Å². The summed E-state index contributed by atoms with van der Waals surface area (Å²) in [5.74, 6) is -0.109. The monoisotopic (exact) mass is 250 g/mol. The quantitative estimate of drug-likeness (QED) is 0.910. The first-order valence-corrected chi connectivity index (χ1v) is 6.03. The van der Waals surface area contributed by atoms with Crippen LogP contribution in [-0.4, -0.2) is 5.91 Å². The lowest BCUT2D eigenvalue weighted by Crippen LogP contribution is -2.22. The van der Waals surface area contributed by atoms with E-state index in [4.69, 9.17) is 5.26 Å². The molecule has 2 aromatic carbocycles. The van der Waals surface area contributed by atoms with E-state index in [0.717, 1.165) is 11.1 Å². The summed E-state index contributed by atoms with van der Waals surface area (Å²) < 4.78 is 0. The Hall–Kier alpha value is -2.60. The number of carbonyl (C=O) groups excluding carboxylic acids is 1. The third kappa shape index (κ3) is 3.43. The summed E-state index contributed by atoms with van der Waals surface area (Å²) in [6.45, 7) is 2.40. The molecule has 0 spiro atoms. The number of nitrogens with zero attached hydrogens (tertiary/aromatic N) is 1. The van der Waals surface area contributed by atoms with Gasteiger partial charge in [0.05, 0.1) is 11.6 Å². The van der Waals surface area contributed by atoms with Gasteiger partial charge in [-0.25, -0.2) is 0 Å². The van der Waals surface area contributed by atoms with E-state index < -0.39 is 0 Å². The fraction of sp³-hybridized carbons (Fsp3) is 0.125. The molecule has 1 amide bonds. The molecule has 0 radical (unpaired) electrons. The molecule has 0 aromatic heterocycles. The Morgan fingerprint density at radius 1 is 1.21 bits per heavy atom. The van der Waals surface area contributed by atoms with Crippen molar-refractivity contribution in [3.63, 3.8) is 0 Å². The molecular formula is C16H14N2O. The molecule has 2 aromatic rings. The smallest absolute Gasteiger partial charge is 0.251 e. The highest BCUT2D eigenvalue weighted by Crippen LogP contribution is 2.06. The first-order chi connectivity index (χ1) is 9.19. The molecule has 3 nitrogen and oxygen atoms in total. The minimum absolute atomic E-state index is 0.109. The molecule has 2 rings (SSSR count). The number of hydrogen-bond acceptors (Lipinski definition) is 2. The van der Waals surface area contributed by atoms with Crippen molar-refractivity contribution >= 4 is 5.91 Å². The van der Waals surface area contributed by atoms with Gasteiger partial charge in [0.1, 0.15) is 0 Å². The second-order valence-electron chi connectivity index (χ2n) is 4.36. The maximum atomic E-state index is 11.9. The zero-order valence-electron chi connectivity index (χ0n) is 10.7. The van der Waals surface area contributed by atoms with Gasteiger partial charge in [-0.05, 0) is 36.8 Å². The van der Waals surface area contributed by atoms with Gasteiger partial charge in [-0.2, -0.15) is 5.26 Å². The lowest BCUT2D eigenvalue weighted by Gasteiger charge is -2.06. The van der Waals surface area contributed by atoms with Crippen molar-refractivity contribution < 1.29 is 4.79 Å². The molecule has 0 fully saturated rings. The zero-order chi connectivity index (χ0) is 13.7. The van der Waals surface area contributed by atoms with Gasteiger partial charge in [0.15, 0.2) is 0 Å². The van der Waals surface area contributed by atoms with Gasteiger partial charge in [-0.15, -0.1) is 0 Å². The van der Waals surface area contributed by atoms with Crippen molar-refractivity contribution in [3.05, 3.63) is 70.8 Å². The first kappa shape index (κ1) is 12.8.